The Morgan fingerprint density at radius 1 is 0.926 bits per heavy atom. The van der Waals surface area contributed by atoms with Crippen LogP contribution in [-0.4, -0.2) is 5.11 Å². The van der Waals surface area contributed by atoms with Crippen molar-refractivity contribution < 1.29 is 4.57 Å². The minimum atomic E-state index is -3.23. The molecule has 3 nitrogen and oxygen atoms in total. The van der Waals surface area contributed by atoms with Gasteiger partial charge in [-0.25, -0.2) is 0 Å². The average Bonchev–Trinajstić information content (AvgIpc) is 2.95. The van der Waals surface area contributed by atoms with Crippen LogP contribution in [0.3, 0.4) is 0 Å². The SMILES string of the molecule is O=[P@@]1(c2ccccc2)[C@@H](c2ccc(Cl)cc2Cl)NC(=S)N1c1ccccc1. The Balaban J connectivity index is 1.94. The highest BCUT2D eigenvalue weighted by atomic mass is 35.5. The molecule has 1 fully saturated rings. The van der Waals surface area contributed by atoms with Gasteiger partial charge in [0.1, 0.15) is 5.78 Å². The van der Waals surface area contributed by atoms with Crippen molar-refractivity contribution in [2.75, 3.05) is 4.67 Å². The van der Waals surface area contributed by atoms with Crippen LogP contribution in [0.25, 0.3) is 0 Å². The molecule has 7 heteroatoms. The molecule has 136 valence electrons. The van der Waals surface area contributed by atoms with Gasteiger partial charge in [0, 0.05) is 20.9 Å². The molecule has 1 N–H and O–H groups in total. The zero-order chi connectivity index (χ0) is 19.0. The molecule has 0 radical (unpaired) electrons. The minimum Gasteiger partial charge on any atom is -0.346 e. The number of benzene rings is 3. The Morgan fingerprint density at radius 3 is 2.19 bits per heavy atom. The molecular weight excluding hydrogens is 418 g/mol. The van der Waals surface area contributed by atoms with Crippen molar-refractivity contribution in [3.8, 4) is 0 Å². The first-order chi connectivity index (χ1) is 13.0. The lowest BCUT2D eigenvalue weighted by Crippen LogP contribution is -2.27. The molecule has 3 aromatic carbocycles. The van der Waals surface area contributed by atoms with Crippen molar-refractivity contribution in [3.05, 3.63) is 94.5 Å². The molecule has 0 unspecified atom stereocenters. The second kappa shape index (κ2) is 7.29. The zero-order valence-corrected chi connectivity index (χ0v) is 17.3. The monoisotopic (exact) mass is 432 g/mol. The van der Waals surface area contributed by atoms with Crippen molar-refractivity contribution in [1.82, 2.24) is 5.32 Å². The van der Waals surface area contributed by atoms with Gasteiger partial charge in [0.2, 0.25) is 7.29 Å². The van der Waals surface area contributed by atoms with E-state index in [0.29, 0.717) is 26.0 Å². The summed E-state index contributed by atoms with van der Waals surface area (Å²) in [6, 6.07) is 24.1. The van der Waals surface area contributed by atoms with Gasteiger partial charge in [-0.2, -0.15) is 0 Å². The van der Waals surface area contributed by atoms with Crippen LogP contribution in [0.1, 0.15) is 11.3 Å². The summed E-state index contributed by atoms with van der Waals surface area (Å²) in [6.45, 7) is 0. The van der Waals surface area contributed by atoms with E-state index in [2.05, 4.69) is 5.32 Å². The lowest BCUT2D eigenvalue weighted by Gasteiger charge is -2.28. The maximum absolute atomic E-state index is 14.6. The summed E-state index contributed by atoms with van der Waals surface area (Å²) in [5.41, 5.74) is 1.48. The molecule has 4 rings (SSSR count). The highest BCUT2D eigenvalue weighted by molar-refractivity contribution is 7.84. The van der Waals surface area contributed by atoms with Gasteiger partial charge in [-0.3, -0.25) is 9.24 Å². The van der Waals surface area contributed by atoms with E-state index in [4.69, 9.17) is 35.4 Å². The third-order valence-electron chi connectivity index (χ3n) is 4.48. The predicted octanol–water partition coefficient (Wildman–Crippen LogP) is 5.99. The van der Waals surface area contributed by atoms with Gasteiger partial charge in [-0.05, 0) is 48.6 Å². The quantitative estimate of drug-likeness (QED) is 0.406. The van der Waals surface area contributed by atoms with Gasteiger partial charge in [0.15, 0.2) is 5.11 Å². The van der Waals surface area contributed by atoms with Crippen LogP contribution >= 0.6 is 42.7 Å². The molecule has 1 aliphatic rings. The van der Waals surface area contributed by atoms with Crippen LogP contribution in [0.5, 0.6) is 0 Å². The lowest BCUT2D eigenvalue weighted by atomic mass is 10.2. The van der Waals surface area contributed by atoms with Crippen molar-refractivity contribution in [2.45, 2.75) is 5.78 Å². The molecule has 1 saturated heterocycles. The molecule has 3 aromatic rings. The average molecular weight is 433 g/mol. The molecule has 1 aliphatic heterocycles. The molecule has 0 aromatic heterocycles. The normalized spacial score (nSPS) is 21.9. The standard InChI is InChI=1S/C20H15Cl2N2OPS/c21-14-11-12-17(18(22)13-14)19-23-20(27)24(15-7-3-1-4-8-15)26(19,25)16-9-5-2-6-10-16/h1-13,19H,(H,23,27)/t19-,26-/m0/s1. The van der Waals surface area contributed by atoms with E-state index in [1.54, 1.807) is 22.9 Å². The van der Waals surface area contributed by atoms with Gasteiger partial charge < -0.3 is 5.32 Å². The second-order valence-corrected chi connectivity index (χ2v) is 10.0. The first kappa shape index (κ1) is 18.5. The predicted molar refractivity (Wildman–Crippen MR) is 118 cm³/mol. The molecule has 0 spiro atoms. The van der Waals surface area contributed by atoms with Crippen LogP contribution in [0.15, 0.2) is 78.9 Å². The Labute approximate surface area is 173 Å². The highest BCUT2D eigenvalue weighted by Gasteiger charge is 2.50. The number of nitrogens with one attached hydrogen (secondary N) is 1. The van der Waals surface area contributed by atoms with Gasteiger partial charge >= 0.3 is 0 Å². The lowest BCUT2D eigenvalue weighted by molar-refractivity contribution is 0.574. The maximum Gasteiger partial charge on any atom is 0.232 e. The number of halogens is 2. The minimum absolute atomic E-state index is 0.407. The number of hydrogen-bond donors (Lipinski definition) is 1. The number of anilines is 1. The van der Waals surface area contributed by atoms with E-state index < -0.39 is 13.1 Å². The van der Waals surface area contributed by atoms with Crippen molar-refractivity contribution in [3.63, 3.8) is 0 Å². The van der Waals surface area contributed by atoms with Crippen molar-refractivity contribution in [2.24, 2.45) is 0 Å². The largest absolute Gasteiger partial charge is 0.346 e. The summed E-state index contributed by atoms with van der Waals surface area (Å²) < 4.78 is 16.3. The molecule has 0 aliphatic carbocycles. The first-order valence-corrected chi connectivity index (χ1v) is 11.2. The Hall–Kier alpha value is -1.84. The van der Waals surface area contributed by atoms with E-state index in [0.717, 1.165) is 5.69 Å². The third kappa shape index (κ3) is 3.17. The van der Waals surface area contributed by atoms with Gasteiger partial charge in [0.05, 0.1) is 5.69 Å². The topological polar surface area (TPSA) is 32.3 Å². The van der Waals surface area contributed by atoms with E-state index in [9.17, 15) is 4.57 Å². The molecular formula is C20H15Cl2N2OPS. The van der Waals surface area contributed by atoms with Gasteiger partial charge in [-0.15, -0.1) is 0 Å². The van der Waals surface area contributed by atoms with Crippen molar-refractivity contribution in [1.29, 1.82) is 0 Å². The van der Waals surface area contributed by atoms with Crippen molar-refractivity contribution >= 4 is 58.8 Å². The molecule has 1 heterocycles. The fourth-order valence-corrected chi connectivity index (χ4v) is 7.60. The van der Waals surface area contributed by atoms with Crippen LogP contribution < -0.4 is 15.3 Å². The van der Waals surface area contributed by atoms with Crippen LogP contribution in [0, 0.1) is 0 Å². The molecule has 27 heavy (non-hydrogen) atoms. The molecule has 0 bridgehead atoms. The number of hydrogen-bond acceptors (Lipinski definition) is 2. The van der Waals surface area contributed by atoms with E-state index in [1.807, 2.05) is 60.7 Å². The molecule has 2 atom stereocenters. The number of nitrogens with zero attached hydrogens (tertiary/aromatic N) is 1. The maximum atomic E-state index is 14.6. The summed E-state index contributed by atoms with van der Waals surface area (Å²) in [6.07, 6.45) is 0. The summed E-state index contributed by atoms with van der Waals surface area (Å²) in [4.78, 5) is 0. The third-order valence-corrected chi connectivity index (χ3v) is 8.65. The number of rotatable bonds is 3. The Kier molecular flexibility index (Phi) is 5.00. The van der Waals surface area contributed by atoms with Crippen LogP contribution in [0.4, 0.5) is 5.69 Å². The fraction of sp³-hybridized carbons (Fsp3) is 0.0500. The smallest absolute Gasteiger partial charge is 0.232 e. The summed E-state index contributed by atoms with van der Waals surface area (Å²) in [7, 11) is -3.23. The summed E-state index contributed by atoms with van der Waals surface area (Å²) >= 11 is 18.1. The number of para-hydroxylation sites is 1. The molecule has 0 saturated carbocycles. The van der Waals surface area contributed by atoms with Gasteiger partial charge in [-0.1, -0.05) is 65.7 Å². The van der Waals surface area contributed by atoms with E-state index >= 15 is 0 Å². The molecule has 0 amide bonds. The zero-order valence-electron chi connectivity index (χ0n) is 14.0. The summed E-state index contributed by atoms with van der Waals surface area (Å²) in [5, 5.41) is 5.33. The Morgan fingerprint density at radius 2 is 1.56 bits per heavy atom. The van der Waals surface area contributed by atoms with Crippen LogP contribution in [-0.2, 0) is 4.57 Å². The Bertz CT molecular complexity index is 1050. The van der Waals surface area contributed by atoms with Gasteiger partial charge in [0.25, 0.3) is 0 Å². The number of thiocarbonyl (C=S) groups is 1. The second-order valence-electron chi connectivity index (χ2n) is 6.12. The summed E-state index contributed by atoms with van der Waals surface area (Å²) in [5.74, 6) is -0.572. The van der Waals surface area contributed by atoms with E-state index in [1.165, 1.54) is 0 Å². The highest BCUT2D eigenvalue weighted by Crippen LogP contribution is 2.65. The van der Waals surface area contributed by atoms with E-state index in [-0.39, 0.29) is 0 Å². The van der Waals surface area contributed by atoms with Crippen LogP contribution in [0.2, 0.25) is 10.0 Å². The first-order valence-electron chi connectivity index (χ1n) is 8.28. The fourth-order valence-electron chi connectivity index (χ4n) is 3.27.